The van der Waals surface area contributed by atoms with Crippen molar-refractivity contribution in [3.8, 4) is 11.5 Å². The molecule has 0 saturated heterocycles. The van der Waals surface area contributed by atoms with Gasteiger partial charge < -0.3 is 14.6 Å². The van der Waals surface area contributed by atoms with Gasteiger partial charge in [-0.2, -0.15) is 26.3 Å². The van der Waals surface area contributed by atoms with E-state index in [-0.39, 0.29) is 40.6 Å². The van der Waals surface area contributed by atoms with E-state index in [1.54, 1.807) is 6.07 Å². The van der Waals surface area contributed by atoms with Gasteiger partial charge in [0, 0.05) is 12.1 Å². The number of halogens is 4. The Hall–Kier alpha value is -2.87. The summed E-state index contributed by atoms with van der Waals surface area (Å²) in [7, 11) is -4.21. The van der Waals surface area contributed by atoms with E-state index in [4.69, 9.17) is 21.1 Å². The number of hydrogen-bond acceptors (Lipinski definition) is 6. The highest BCUT2D eigenvalue weighted by Crippen LogP contribution is 2.43. The molecule has 190 valence electrons. The Morgan fingerprint density at radius 3 is 2.66 bits per heavy atom. The van der Waals surface area contributed by atoms with Gasteiger partial charge in [0.25, 0.3) is 10.2 Å². The van der Waals surface area contributed by atoms with Crippen molar-refractivity contribution in [1.82, 2.24) is 9.44 Å². The standard InChI is InChI=1S/C21H20ClF3N2O7S/c1-2-26-35(31,32)27-15(20(29)30)10-33-17-8-11(21(23,24)25)6-7-13(17)18-9-16(28)12-4-3-5-14(22)19(12)34-18/h3-8,15,18,26-27H,2,9-10H2,1H3,(H,29,30)/t15?,18-/m0/s1. The molecule has 0 fully saturated rings. The SMILES string of the molecule is CCNS(=O)(=O)NC(COc1cc(C(F)(F)F)ccc1[C@@H]1CC(=O)c2cccc(Cl)c2O1)C(=O)O. The topological polar surface area (TPSA) is 131 Å². The fraction of sp³-hybridized carbons (Fsp3) is 0.333. The molecule has 3 N–H and O–H groups in total. The monoisotopic (exact) mass is 536 g/mol. The normalized spacial score (nSPS) is 16.8. The second-order valence-electron chi connectivity index (χ2n) is 7.42. The minimum Gasteiger partial charge on any atom is -0.491 e. The largest absolute Gasteiger partial charge is 0.491 e. The molecule has 0 amide bonds. The highest BCUT2D eigenvalue weighted by molar-refractivity contribution is 7.87. The number of carboxylic acid groups (broad SMARTS) is 1. The fourth-order valence-electron chi connectivity index (χ4n) is 3.33. The van der Waals surface area contributed by atoms with Crippen LogP contribution in [0.15, 0.2) is 36.4 Å². The molecule has 0 aromatic heterocycles. The molecule has 3 rings (SSSR count). The minimum atomic E-state index is -4.76. The number of ether oxygens (including phenoxy) is 2. The van der Waals surface area contributed by atoms with E-state index in [1.165, 1.54) is 19.1 Å². The van der Waals surface area contributed by atoms with Gasteiger partial charge in [0.1, 0.15) is 24.2 Å². The van der Waals surface area contributed by atoms with Gasteiger partial charge in [-0.3, -0.25) is 9.59 Å². The Bertz CT molecular complexity index is 1240. The van der Waals surface area contributed by atoms with Crippen LogP contribution in [0.1, 0.15) is 40.9 Å². The van der Waals surface area contributed by atoms with Crippen LogP contribution in [0.2, 0.25) is 5.02 Å². The first-order valence-electron chi connectivity index (χ1n) is 10.1. The van der Waals surface area contributed by atoms with Gasteiger partial charge in [0.2, 0.25) is 0 Å². The second kappa shape index (κ2) is 10.4. The van der Waals surface area contributed by atoms with Crippen molar-refractivity contribution in [2.24, 2.45) is 0 Å². The number of aliphatic carboxylic acids is 1. The number of ketones is 1. The summed E-state index contributed by atoms with van der Waals surface area (Å²) < 4.78 is 78.8. The molecular formula is C21H20ClF3N2O7S. The summed E-state index contributed by atoms with van der Waals surface area (Å²) in [4.78, 5) is 24.1. The molecule has 0 saturated carbocycles. The molecule has 0 bridgehead atoms. The molecule has 14 heteroatoms. The van der Waals surface area contributed by atoms with Crippen molar-refractivity contribution in [2.75, 3.05) is 13.2 Å². The summed E-state index contributed by atoms with van der Waals surface area (Å²) in [5, 5.41) is 9.48. The van der Waals surface area contributed by atoms with Crippen LogP contribution in [-0.2, 0) is 21.2 Å². The Kier molecular flexibility index (Phi) is 7.94. The van der Waals surface area contributed by atoms with Crippen molar-refractivity contribution in [3.05, 3.63) is 58.1 Å². The van der Waals surface area contributed by atoms with Crippen LogP contribution in [0.5, 0.6) is 11.5 Å². The van der Waals surface area contributed by atoms with E-state index < -0.39 is 52.4 Å². The highest BCUT2D eigenvalue weighted by Gasteiger charge is 2.35. The van der Waals surface area contributed by atoms with E-state index in [2.05, 4.69) is 0 Å². The average Bonchev–Trinajstić information content (AvgIpc) is 2.76. The summed E-state index contributed by atoms with van der Waals surface area (Å²) >= 11 is 6.12. The van der Waals surface area contributed by atoms with Crippen LogP contribution >= 0.6 is 11.6 Å². The highest BCUT2D eigenvalue weighted by atomic mass is 35.5. The molecule has 1 aliphatic rings. The smallest absolute Gasteiger partial charge is 0.416 e. The fourth-order valence-corrected chi connectivity index (χ4v) is 4.56. The predicted octanol–water partition coefficient (Wildman–Crippen LogP) is 3.34. The minimum absolute atomic E-state index is 0.0237. The van der Waals surface area contributed by atoms with Gasteiger partial charge in [0.15, 0.2) is 11.8 Å². The Morgan fingerprint density at radius 1 is 1.31 bits per heavy atom. The van der Waals surface area contributed by atoms with Crippen LogP contribution in [0, 0.1) is 0 Å². The van der Waals surface area contributed by atoms with Crippen molar-refractivity contribution >= 4 is 33.6 Å². The van der Waals surface area contributed by atoms with E-state index in [1.807, 2.05) is 9.44 Å². The summed E-state index contributed by atoms with van der Waals surface area (Å²) in [6.07, 6.45) is -6.09. The zero-order chi connectivity index (χ0) is 26.0. The number of nitrogens with one attached hydrogen (secondary N) is 2. The zero-order valence-electron chi connectivity index (χ0n) is 18.1. The molecule has 2 aromatic carbocycles. The first-order chi connectivity index (χ1) is 16.3. The van der Waals surface area contributed by atoms with Gasteiger partial charge >= 0.3 is 12.1 Å². The van der Waals surface area contributed by atoms with Gasteiger partial charge in [0.05, 0.1) is 22.6 Å². The quantitative estimate of drug-likeness (QED) is 0.448. The van der Waals surface area contributed by atoms with Gasteiger partial charge in [-0.05, 0) is 24.3 Å². The van der Waals surface area contributed by atoms with Gasteiger partial charge in [-0.15, -0.1) is 0 Å². The summed E-state index contributed by atoms with van der Waals surface area (Å²) in [5.41, 5.74) is -0.862. The average molecular weight is 537 g/mol. The summed E-state index contributed by atoms with van der Waals surface area (Å²) in [5.74, 6) is -2.36. The lowest BCUT2D eigenvalue weighted by Gasteiger charge is -2.28. The molecule has 35 heavy (non-hydrogen) atoms. The number of benzene rings is 2. The molecule has 0 spiro atoms. The third kappa shape index (κ3) is 6.42. The van der Waals surface area contributed by atoms with Crippen molar-refractivity contribution < 1.29 is 45.8 Å². The molecule has 1 unspecified atom stereocenters. The second-order valence-corrected chi connectivity index (χ2v) is 9.36. The third-order valence-electron chi connectivity index (χ3n) is 4.92. The molecule has 0 aliphatic carbocycles. The third-order valence-corrected chi connectivity index (χ3v) is 6.48. The van der Waals surface area contributed by atoms with E-state index in [0.29, 0.717) is 6.07 Å². The molecule has 2 atom stereocenters. The zero-order valence-corrected chi connectivity index (χ0v) is 19.6. The van der Waals surface area contributed by atoms with E-state index in [0.717, 1.165) is 12.1 Å². The number of carboxylic acids is 1. The molecule has 2 aromatic rings. The Morgan fingerprint density at radius 2 is 2.03 bits per heavy atom. The Labute approximate surface area is 203 Å². The van der Waals surface area contributed by atoms with Crippen molar-refractivity contribution in [2.45, 2.75) is 31.7 Å². The lowest BCUT2D eigenvalue weighted by atomic mass is 9.95. The Balaban J connectivity index is 1.95. The van der Waals surface area contributed by atoms with Gasteiger partial charge in [-0.25, -0.2) is 4.72 Å². The summed E-state index contributed by atoms with van der Waals surface area (Å²) in [6.45, 7) is 0.583. The lowest BCUT2D eigenvalue weighted by molar-refractivity contribution is -0.140. The van der Waals surface area contributed by atoms with Crippen molar-refractivity contribution in [1.29, 1.82) is 0 Å². The van der Waals surface area contributed by atoms with Crippen molar-refractivity contribution in [3.63, 3.8) is 0 Å². The number of carbonyl (C=O) groups excluding carboxylic acids is 1. The maximum atomic E-state index is 13.3. The first kappa shape index (κ1) is 26.7. The predicted molar refractivity (Wildman–Crippen MR) is 118 cm³/mol. The van der Waals surface area contributed by atoms with Crippen LogP contribution in [0.4, 0.5) is 13.2 Å². The number of para-hydroxylation sites is 1. The summed E-state index contributed by atoms with van der Waals surface area (Å²) in [6, 6.07) is 5.15. The number of rotatable bonds is 9. The van der Waals surface area contributed by atoms with Gasteiger partial charge in [-0.1, -0.05) is 30.7 Å². The maximum Gasteiger partial charge on any atom is 0.416 e. The molecule has 1 aliphatic heterocycles. The molecule has 1 heterocycles. The van der Waals surface area contributed by atoms with Crippen LogP contribution in [0.25, 0.3) is 0 Å². The van der Waals surface area contributed by atoms with Crippen LogP contribution in [0.3, 0.4) is 0 Å². The number of carbonyl (C=O) groups is 2. The lowest BCUT2D eigenvalue weighted by Crippen LogP contribution is -2.49. The number of fused-ring (bicyclic) bond motifs is 1. The number of hydrogen-bond donors (Lipinski definition) is 3. The molecular weight excluding hydrogens is 517 g/mol. The number of alkyl halides is 3. The van der Waals surface area contributed by atoms with Crippen LogP contribution in [-0.4, -0.2) is 44.5 Å². The molecule has 0 radical (unpaired) electrons. The van der Waals surface area contributed by atoms with E-state index in [9.17, 15) is 36.3 Å². The maximum absolute atomic E-state index is 13.3. The van der Waals surface area contributed by atoms with E-state index >= 15 is 0 Å². The van der Waals surface area contributed by atoms with Crippen LogP contribution < -0.4 is 18.9 Å². The molecule has 9 nitrogen and oxygen atoms in total. The first-order valence-corrected chi connectivity index (χ1v) is 12.0. The number of Topliss-reactive ketones (excluding diaryl/α,β-unsaturated/α-hetero) is 1.